The Kier molecular flexibility index (Phi) is 4.15. The summed E-state index contributed by atoms with van der Waals surface area (Å²) in [5, 5.41) is 0. The van der Waals surface area contributed by atoms with Gasteiger partial charge in [0.15, 0.2) is 0 Å². The fraction of sp³-hybridized carbons (Fsp3) is 0.412. The minimum atomic E-state index is 0.468. The molecule has 4 heteroatoms. The standard InChI is InChI=1S/C17H22N4/c1-14(15-6-4-3-5-7-15)21-11-9-16(12-21)20(2)17-8-10-18-13-19-17/h3-8,10,13-14,16H,9,11-12H2,1-2H3. The first kappa shape index (κ1) is 14.0. The molecule has 1 aliphatic heterocycles. The number of likely N-dealkylation sites (N-methyl/N-ethyl adjacent to an activating group) is 1. The highest BCUT2D eigenvalue weighted by atomic mass is 15.3. The van der Waals surface area contributed by atoms with E-state index in [1.54, 1.807) is 12.5 Å². The van der Waals surface area contributed by atoms with E-state index >= 15 is 0 Å². The molecule has 1 aliphatic rings. The van der Waals surface area contributed by atoms with Gasteiger partial charge in [0.1, 0.15) is 12.1 Å². The molecule has 1 aromatic carbocycles. The lowest BCUT2D eigenvalue weighted by Crippen LogP contribution is -2.35. The molecule has 4 nitrogen and oxygen atoms in total. The van der Waals surface area contributed by atoms with Crippen LogP contribution in [0.25, 0.3) is 0 Å². The minimum absolute atomic E-state index is 0.468. The Hall–Kier alpha value is -1.94. The number of benzene rings is 1. The van der Waals surface area contributed by atoms with Gasteiger partial charge in [-0.2, -0.15) is 0 Å². The van der Waals surface area contributed by atoms with Crippen LogP contribution in [0.1, 0.15) is 24.9 Å². The highest BCUT2D eigenvalue weighted by molar-refractivity contribution is 5.37. The van der Waals surface area contributed by atoms with E-state index in [4.69, 9.17) is 0 Å². The summed E-state index contributed by atoms with van der Waals surface area (Å²) in [6, 6.07) is 13.7. The lowest BCUT2D eigenvalue weighted by Gasteiger charge is -2.28. The molecule has 21 heavy (non-hydrogen) atoms. The summed E-state index contributed by atoms with van der Waals surface area (Å²) in [5.41, 5.74) is 1.39. The maximum Gasteiger partial charge on any atom is 0.131 e. The maximum atomic E-state index is 4.35. The van der Waals surface area contributed by atoms with Crippen molar-refractivity contribution in [1.82, 2.24) is 14.9 Å². The van der Waals surface area contributed by atoms with Crippen LogP contribution >= 0.6 is 0 Å². The number of likely N-dealkylation sites (tertiary alicyclic amines) is 1. The van der Waals surface area contributed by atoms with Crippen molar-refractivity contribution in [3.8, 4) is 0 Å². The fourth-order valence-corrected chi connectivity index (χ4v) is 3.06. The molecule has 0 N–H and O–H groups in total. The summed E-state index contributed by atoms with van der Waals surface area (Å²) < 4.78 is 0. The second kappa shape index (κ2) is 6.22. The predicted molar refractivity (Wildman–Crippen MR) is 85.3 cm³/mol. The Bertz CT molecular complexity index is 506. The van der Waals surface area contributed by atoms with E-state index in [9.17, 15) is 0 Å². The number of hydrogen-bond acceptors (Lipinski definition) is 4. The number of hydrogen-bond donors (Lipinski definition) is 0. The normalized spacial score (nSPS) is 20.4. The Labute approximate surface area is 126 Å². The Morgan fingerprint density at radius 3 is 2.76 bits per heavy atom. The van der Waals surface area contributed by atoms with Crippen LogP contribution in [0.2, 0.25) is 0 Å². The smallest absolute Gasteiger partial charge is 0.131 e. The molecule has 3 rings (SSSR count). The molecule has 2 unspecified atom stereocenters. The highest BCUT2D eigenvalue weighted by Gasteiger charge is 2.29. The van der Waals surface area contributed by atoms with Gasteiger partial charge in [0.2, 0.25) is 0 Å². The summed E-state index contributed by atoms with van der Waals surface area (Å²) >= 11 is 0. The molecule has 2 aromatic rings. The van der Waals surface area contributed by atoms with Crippen molar-refractivity contribution in [3.05, 3.63) is 54.5 Å². The molecule has 110 valence electrons. The summed E-state index contributed by atoms with van der Waals surface area (Å²) in [6.07, 6.45) is 4.60. The fourth-order valence-electron chi connectivity index (χ4n) is 3.06. The summed E-state index contributed by atoms with van der Waals surface area (Å²) in [5.74, 6) is 1.00. The van der Waals surface area contributed by atoms with Gasteiger partial charge in [-0.3, -0.25) is 4.90 Å². The Balaban J connectivity index is 1.66. The molecule has 2 heterocycles. The van der Waals surface area contributed by atoms with Crippen LogP contribution in [-0.2, 0) is 0 Å². The molecule has 0 amide bonds. The van der Waals surface area contributed by atoms with Crippen LogP contribution in [0.15, 0.2) is 48.9 Å². The highest BCUT2D eigenvalue weighted by Crippen LogP contribution is 2.27. The van der Waals surface area contributed by atoms with E-state index in [-0.39, 0.29) is 0 Å². The zero-order chi connectivity index (χ0) is 14.7. The zero-order valence-corrected chi connectivity index (χ0v) is 12.7. The molecule has 0 spiro atoms. The maximum absolute atomic E-state index is 4.35. The van der Waals surface area contributed by atoms with Crippen molar-refractivity contribution in [1.29, 1.82) is 0 Å². The van der Waals surface area contributed by atoms with E-state index in [0.29, 0.717) is 12.1 Å². The monoisotopic (exact) mass is 282 g/mol. The minimum Gasteiger partial charge on any atom is -0.355 e. The van der Waals surface area contributed by atoms with Crippen molar-refractivity contribution in [2.24, 2.45) is 0 Å². The van der Waals surface area contributed by atoms with E-state index in [1.165, 1.54) is 12.0 Å². The van der Waals surface area contributed by atoms with Crippen LogP contribution in [0, 0.1) is 0 Å². The predicted octanol–water partition coefficient (Wildman–Crippen LogP) is 2.75. The van der Waals surface area contributed by atoms with Crippen molar-refractivity contribution in [2.75, 3.05) is 25.0 Å². The summed E-state index contributed by atoms with van der Waals surface area (Å²) in [6.45, 7) is 4.51. The van der Waals surface area contributed by atoms with Crippen LogP contribution in [0.5, 0.6) is 0 Å². The first-order chi connectivity index (χ1) is 10.3. The molecule has 0 saturated carbocycles. The van der Waals surface area contributed by atoms with Gasteiger partial charge >= 0.3 is 0 Å². The van der Waals surface area contributed by atoms with E-state index in [0.717, 1.165) is 18.9 Å². The molecule has 1 aromatic heterocycles. The molecular weight excluding hydrogens is 260 g/mol. The van der Waals surface area contributed by atoms with Gasteiger partial charge in [-0.1, -0.05) is 30.3 Å². The van der Waals surface area contributed by atoms with Gasteiger partial charge < -0.3 is 4.90 Å². The third kappa shape index (κ3) is 3.05. The molecule has 0 aliphatic carbocycles. The molecule has 1 saturated heterocycles. The molecule has 1 fully saturated rings. The summed E-state index contributed by atoms with van der Waals surface area (Å²) in [4.78, 5) is 13.2. The quantitative estimate of drug-likeness (QED) is 0.863. The van der Waals surface area contributed by atoms with E-state index < -0.39 is 0 Å². The first-order valence-electron chi connectivity index (χ1n) is 7.53. The first-order valence-corrected chi connectivity index (χ1v) is 7.53. The lowest BCUT2D eigenvalue weighted by atomic mass is 10.1. The average Bonchev–Trinajstić information content (AvgIpc) is 3.05. The van der Waals surface area contributed by atoms with E-state index in [1.807, 2.05) is 6.07 Å². The van der Waals surface area contributed by atoms with Crippen LogP contribution in [0.3, 0.4) is 0 Å². The third-order valence-corrected chi connectivity index (χ3v) is 4.50. The lowest BCUT2D eigenvalue weighted by molar-refractivity contribution is 0.259. The van der Waals surface area contributed by atoms with Crippen LogP contribution in [-0.4, -0.2) is 41.0 Å². The summed E-state index contributed by atoms with van der Waals surface area (Å²) in [7, 11) is 2.13. The van der Waals surface area contributed by atoms with Crippen LogP contribution in [0.4, 0.5) is 5.82 Å². The second-order valence-electron chi connectivity index (χ2n) is 5.70. The number of anilines is 1. The van der Waals surface area contributed by atoms with Crippen LogP contribution < -0.4 is 4.90 Å². The van der Waals surface area contributed by atoms with Gasteiger partial charge in [-0.25, -0.2) is 9.97 Å². The van der Waals surface area contributed by atoms with Crippen molar-refractivity contribution in [2.45, 2.75) is 25.4 Å². The largest absolute Gasteiger partial charge is 0.355 e. The van der Waals surface area contributed by atoms with Gasteiger partial charge in [0.05, 0.1) is 0 Å². The van der Waals surface area contributed by atoms with Gasteiger partial charge in [0, 0.05) is 38.4 Å². The second-order valence-corrected chi connectivity index (χ2v) is 5.70. The van der Waals surface area contributed by atoms with Gasteiger partial charge in [-0.15, -0.1) is 0 Å². The molecular formula is C17H22N4. The van der Waals surface area contributed by atoms with Crippen molar-refractivity contribution >= 4 is 5.82 Å². The van der Waals surface area contributed by atoms with Crippen molar-refractivity contribution in [3.63, 3.8) is 0 Å². The average molecular weight is 282 g/mol. The zero-order valence-electron chi connectivity index (χ0n) is 12.7. The topological polar surface area (TPSA) is 32.3 Å². The number of aromatic nitrogens is 2. The molecule has 0 radical (unpaired) electrons. The van der Waals surface area contributed by atoms with Gasteiger partial charge in [-0.05, 0) is 25.0 Å². The SMILES string of the molecule is CC(c1ccccc1)N1CCC(N(C)c2ccncn2)C1. The Morgan fingerprint density at radius 2 is 2.05 bits per heavy atom. The number of nitrogens with zero attached hydrogens (tertiary/aromatic N) is 4. The molecule has 0 bridgehead atoms. The molecule has 2 atom stereocenters. The van der Waals surface area contributed by atoms with Gasteiger partial charge in [0.25, 0.3) is 0 Å². The third-order valence-electron chi connectivity index (χ3n) is 4.50. The number of rotatable bonds is 4. The van der Waals surface area contributed by atoms with E-state index in [2.05, 4.69) is 64.1 Å². The van der Waals surface area contributed by atoms with Crippen molar-refractivity contribution < 1.29 is 0 Å². The Morgan fingerprint density at radius 1 is 1.24 bits per heavy atom.